The molecule has 2 aromatic rings. The third-order valence-corrected chi connectivity index (χ3v) is 3.28. The minimum Gasteiger partial charge on any atom is -0.299 e. The van der Waals surface area contributed by atoms with Gasteiger partial charge in [0.25, 0.3) is 0 Å². The second-order valence-electron chi connectivity index (χ2n) is 3.41. The fourth-order valence-electron chi connectivity index (χ4n) is 1.35. The molecule has 0 radical (unpaired) electrons. The van der Waals surface area contributed by atoms with E-state index in [0.29, 0.717) is 5.13 Å². The van der Waals surface area contributed by atoms with Gasteiger partial charge in [-0.3, -0.25) is 10.1 Å². The number of nitrogens with zero attached hydrogens (tertiary/aromatic N) is 2. The largest absolute Gasteiger partial charge is 0.299 e. The van der Waals surface area contributed by atoms with Crippen molar-refractivity contribution in [1.82, 2.24) is 10.2 Å². The Kier molecular flexibility index (Phi) is 3.71. The Morgan fingerprint density at radius 3 is 2.88 bits per heavy atom. The van der Waals surface area contributed by atoms with Crippen molar-refractivity contribution in [3.05, 3.63) is 29.8 Å². The molecule has 0 bridgehead atoms. The topological polar surface area (TPSA) is 54.9 Å². The number of hydrogen-bond donors (Lipinski definition) is 1. The first-order valence-corrected chi connectivity index (χ1v) is 6.31. The number of alkyl halides is 1. The molecule has 0 aliphatic carbocycles. The molecule has 88 valence electrons. The molecule has 2 rings (SSSR count). The summed E-state index contributed by atoms with van der Waals surface area (Å²) in [5, 5.41) is 11.8. The molecular formula is C11H10ClN3OS. The van der Waals surface area contributed by atoms with E-state index in [-0.39, 0.29) is 11.8 Å². The molecule has 1 aromatic heterocycles. The van der Waals surface area contributed by atoms with Crippen LogP contribution in [-0.2, 0) is 4.79 Å². The van der Waals surface area contributed by atoms with Crippen molar-refractivity contribution in [2.75, 3.05) is 11.2 Å². The first-order valence-electron chi connectivity index (χ1n) is 4.96. The summed E-state index contributed by atoms with van der Waals surface area (Å²) in [6.45, 7) is 2.01. The van der Waals surface area contributed by atoms with E-state index in [2.05, 4.69) is 15.5 Å². The van der Waals surface area contributed by atoms with Gasteiger partial charge >= 0.3 is 0 Å². The number of anilines is 1. The Morgan fingerprint density at radius 1 is 1.41 bits per heavy atom. The standard InChI is InChI=1S/C11H10ClN3OS/c1-7-4-2-3-5-8(7)10-14-15-11(17-10)13-9(16)6-12/h2-5H,6H2,1H3,(H,13,15,16). The van der Waals surface area contributed by atoms with E-state index < -0.39 is 0 Å². The van der Waals surface area contributed by atoms with Gasteiger partial charge in [-0.05, 0) is 12.5 Å². The zero-order valence-electron chi connectivity index (χ0n) is 9.11. The maximum absolute atomic E-state index is 11.1. The quantitative estimate of drug-likeness (QED) is 0.870. The van der Waals surface area contributed by atoms with Crippen LogP contribution in [-0.4, -0.2) is 22.0 Å². The van der Waals surface area contributed by atoms with E-state index in [1.54, 1.807) is 0 Å². The lowest BCUT2D eigenvalue weighted by molar-refractivity contribution is -0.113. The average Bonchev–Trinajstić information content (AvgIpc) is 2.78. The number of aromatic nitrogens is 2. The molecule has 0 spiro atoms. The number of aryl methyl sites for hydroxylation is 1. The molecule has 0 atom stereocenters. The first-order chi connectivity index (χ1) is 8.20. The van der Waals surface area contributed by atoms with Gasteiger partial charge in [0.1, 0.15) is 10.9 Å². The third-order valence-electron chi connectivity index (χ3n) is 2.17. The monoisotopic (exact) mass is 267 g/mol. The summed E-state index contributed by atoms with van der Waals surface area (Å²) in [5.74, 6) is -0.363. The van der Waals surface area contributed by atoms with E-state index in [0.717, 1.165) is 16.1 Å². The summed E-state index contributed by atoms with van der Waals surface area (Å²) < 4.78 is 0. The van der Waals surface area contributed by atoms with E-state index in [1.165, 1.54) is 11.3 Å². The van der Waals surface area contributed by atoms with Crippen molar-refractivity contribution in [3.8, 4) is 10.6 Å². The molecule has 0 unspecified atom stereocenters. The fraction of sp³-hybridized carbons (Fsp3) is 0.182. The number of carbonyl (C=O) groups is 1. The molecule has 0 aliphatic rings. The normalized spacial score (nSPS) is 10.2. The molecule has 4 nitrogen and oxygen atoms in total. The SMILES string of the molecule is Cc1ccccc1-c1nnc(NC(=O)CCl)s1. The van der Waals surface area contributed by atoms with Crippen LogP contribution in [0.2, 0.25) is 0 Å². The smallest absolute Gasteiger partial charge is 0.241 e. The van der Waals surface area contributed by atoms with E-state index >= 15 is 0 Å². The highest BCUT2D eigenvalue weighted by Gasteiger charge is 2.10. The van der Waals surface area contributed by atoms with Crippen molar-refractivity contribution in [2.45, 2.75) is 6.92 Å². The summed E-state index contributed by atoms with van der Waals surface area (Å²) in [5.41, 5.74) is 2.15. The number of benzene rings is 1. The zero-order chi connectivity index (χ0) is 12.3. The molecule has 1 aromatic carbocycles. The van der Waals surface area contributed by atoms with Crippen LogP contribution in [0.4, 0.5) is 5.13 Å². The summed E-state index contributed by atoms with van der Waals surface area (Å²) in [4.78, 5) is 11.1. The van der Waals surface area contributed by atoms with Crippen molar-refractivity contribution < 1.29 is 4.79 Å². The fourth-order valence-corrected chi connectivity index (χ4v) is 2.27. The van der Waals surface area contributed by atoms with Gasteiger partial charge in [-0.2, -0.15) is 0 Å². The van der Waals surface area contributed by atoms with Crippen LogP contribution in [0, 0.1) is 6.92 Å². The van der Waals surface area contributed by atoms with Gasteiger partial charge in [0, 0.05) is 5.56 Å². The van der Waals surface area contributed by atoms with Gasteiger partial charge in [-0.1, -0.05) is 35.6 Å². The summed E-state index contributed by atoms with van der Waals surface area (Å²) in [7, 11) is 0. The maximum atomic E-state index is 11.1. The van der Waals surface area contributed by atoms with E-state index in [9.17, 15) is 4.79 Å². The Morgan fingerprint density at radius 2 is 2.18 bits per heavy atom. The van der Waals surface area contributed by atoms with Gasteiger partial charge in [-0.15, -0.1) is 21.8 Å². The highest BCUT2D eigenvalue weighted by atomic mass is 35.5. The second kappa shape index (κ2) is 5.25. The predicted octanol–water partition coefficient (Wildman–Crippen LogP) is 2.69. The lowest BCUT2D eigenvalue weighted by atomic mass is 10.1. The number of halogens is 1. The Bertz CT molecular complexity index is 541. The maximum Gasteiger partial charge on any atom is 0.241 e. The molecule has 0 saturated heterocycles. The van der Waals surface area contributed by atoms with Crippen LogP contribution in [0.25, 0.3) is 10.6 Å². The Labute approximate surface area is 108 Å². The molecule has 0 fully saturated rings. The molecule has 1 heterocycles. The number of hydrogen-bond acceptors (Lipinski definition) is 4. The van der Waals surface area contributed by atoms with Crippen LogP contribution < -0.4 is 5.32 Å². The first kappa shape index (κ1) is 12.0. The summed E-state index contributed by atoms with van der Waals surface area (Å²) in [6.07, 6.45) is 0. The Balaban J connectivity index is 2.24. The lowest BCUT2D eigenvalue weighted by Gasteiger charge is -1.99. The molecule has 17 heavy (non-hydrogen) atoms. The molecule has 1 N–H and O–H groups in total. The highest BCUT2D eigenvalue weighted by Crippen LogP contribution is 2.28. The lowest BCUT2D eigenvalue weighted by Crippen LogP contribution is -2.12. The van der Waals surface area contributed by atoms with Gasteiger partial charge in [0.2, 0.25) is 11.0 Å². The number of rotatable bonds is 3. The summed E-state index contributed by atoms with van der Waals surface area (Å²) in [6, 6.07) is 7.90. The molecule has 0 saturated carbocycles. The molecule has 0 aliphatic heterocycles. The highest BCUT2D eigenvalue weighted by molar-refractivity contribution is 7.18. The zero-order valence-corrected chi connectivity index (χ0v) is 10.7. The predicted molar refractivity (Wildman–Crippen MR) is 69.4 cm³/mol. The van der Waals surface area contributed by atoms with Crippen molar-refractivity contribution in [1.29, 1.82) is 0 Å². The van der Waals surface area contributed by atoms with E-state index in [4.69, 9.17) is 11.6 Å². The van der Waals surface area contributed by atoms with Crippen LogP contribution in [0.1, 0.15) is 5.56 Å². The minimum absolute atomic E-state index is 0.0840. The van der Waals surface area contributed by atoms with Gasteiger partial charge in [-0.25, -0.2) is 0 Å². The number of carbonyl (C=O) groups excluding carboxylic acids is 1. The van der Waals surface area contributed by atoms with Crippen LogP contribution in [0.15, 0.2) is 24.3 Å². The molecule has 1 amide bonds. The number of amides is 1. The van der Waals surface area contributed by atoms with Gasteiger partial charge in [0.15, 0.2) is 0 Å². The van der Waals surface area contributed by atoms with Crippen molar-refractivity contribution in [3.63, 3.8) is 0 Å². The van der Waals surface area contributed by atoms with Crippen LogP contribution in [0.5, 0.6) is 0 Å². The molecule has 6 heteroatoms. The van der Waals surface area contributed by atoms with E-state index in [1.807, 2.05) is 31.2 Å². The van der Waals surface area contributed by atoms with Crippen molar-refractivity contribution >= 4 is 34.0 Å². The van der Waals surface area contributed by atoms with Gasteiger partial charge in [0.05, 0.1) is 0 Å². The average molecular weight is 268 g/mol. The Hall–Kier alpha value is -1.46. The van der Waals surface area contributed by atoms with Gasteiger partial charge < -0.3 is 0 Å². The summed E-state index contributed by atoms with van der Waals surface area (Å²) >= 11 is 6.73. The molecular weight excluding hydrogens is 258 g/mol. The van der Waals surface area contributed by atoms with Crippen LogP contribution in [0.3, 0.4) is 0 Å². The van der Waals surface area contributed by atoms with Crippen molar-refractivity contribution in [2.24, 2.45) is 0 Å². The number of nitrogens with one attached hydrogen (secondary N) is 1. The minimum atomic E-state index is -0.279. The second-order valence-corrected chi connectivity index (χ2v) is 4.65. The third kappa shape index (κ3) is 2.81. The van der Waals surface area contributed by atoms with Crippen LogP contribution >= 0.6 is 22.9 Å².